The highest BCUT2D eigenvalue weighted by Crippen LogP contribution is 2.36. The van der Waals surface area contributed by atoms with Gasteiger partial charge in [0.15, 0.2) is 0 Å². The van der Waals surface area contributed by atoms with Crippen LogP contribution in [0, 0.1) is 16.7 Å². The third-order valence-corrected chi connectivity index (χ3v) is 5.21. The number of nitrogens with zero attached hydrogens (tertiary/aromatic N) is 1. The Morgan fingerprint density at radius 3 is 2.67 bits per heavy atom. The third kappa shape index (κ3) is 2.79. The van der Waals surface area contributed by atoms with Crippen molar-refractivity contribution in [3.05, 3.63) is 29.6 Å². The number of thiophene rings is 1. The van der Waals surface area contributed by atoms with Crippen LogP contribution in [0.4, 0.5) is 5.69 Å². The molecule has 1 aliphatic carbocycles. The maximum atomic E-state index is 12.6. The predicted octanol–water partition coefficient (Wildman–Crippen LogP) is 4.70. The lowest BCUT2D eigenvalue weighted by Crippen LogP contribution is -2.34. The number of rotatable bonds is 2. The Balaban J connectivity index is 1.82. The number of hydrogen-bond donors (Lipinski definition) is 1. The van der Waals surface area contributed by atoms with Crippen LogP contribution in [0.5, 0.6) is 0 Å². The van der Waals surface area contributed by atoms with Crippen LogP contribution >= 0.6 is 11.3 Å². The van der Waals surface area contributed by atoms with Gasteiger partial charge in [-0.2, -0.15) is 5.26 Å². The van der Waals surface area contributed by atoms with Crippen LogP contribution in [0.1, 0.15) is 38.5 Å². The van der Waals surface area contributed by atoms with Gasteiger partial charge in [-0.15, -0.1) is 11.3 Å². The van der Waals surface area contributed by atoms with Gasteiger partial charge in [0.25, 0.3) is 0 Å². The Kier molecular flexibility index (Phi) is 3.94. The first kappa shape index (κ1) is 14.1. The van der Waals surface area contributed by atoms with Gasteiger partial charge in [0.1, 0.15) is 5.41 Å². The zero-order valence-corrected chi connectivity index (χ0v) is 12.7. The highest BCUT2D eigenvalue weighted by Gasteiger charge is 2.38. The number of benzene rings is 1. The minimum atomic E-state index is -0.847. The van der Waals surface area contributed by atoms with Gasteiger partial charge < -0.3 is 5.32 Å². The summed E-state index contributed by atoms with van der Waals surface area (Å²) in [5, 5.41) is 15.7. The monoisotopic (exact) mass is 298 g/mol. The molecular weight excluding hydrogens is 280 g/mol. The molecule has 1 fully saturated rings. The van der Waals surface area contributed by atoms with Gasteiger partial charge in [-0.05, 0) is 47.9 Å². The summed E-state index contributed by atoms with van der Waals surface area (Å²) >= 11 is 1.68. The van der Waals surface area contributed by atoms with Gasteiger partial charge >= 0.3 is 0 Å². The topological polar surface area (TPSA) is 52.9 Å². The van der Waals surface area contributed by atoms with Crippen molar-refractivity contribution in [3.8, 4) is 6.07 Å². The molecule has 0 spiro atoms. The summed E-state index contributed by atoms with van der Waals surface area (Å²) in [6.07, 6.45) is 5.52. The van der Waals surface area contributed by atoms with E-state index < -0.39 is 5.41 Å². The highest BCUT2D eigenvalue weighted by atomic mass is 32.1. The van der Waals surface area contributed by atoms with Crippen molar-refractivity contribution in [2.45, 2.75) is 38.5 Å². The second-order valence-electron chi connectivity index (χ2n) is 5.74. The van der Waals surface area contributed by atoms with Gasteiger partial charge in [-0.1, -0.05) is 25.7 Å². The Morgan fingerprint density at radius 1 is 1.19 bits per heavy atom. The molecule has 0 bridgehead atoms. The lowest BCUT2D eigenvalue weighted by Gasteiger charge is -2.23. The zero-order chi connectivity index (χ0) is 14.7. The Bertz CT molecular complexity index is 690. The van der Waals surface area contributed by atoms with E-state index in [2.05, 4.69) is 11.4 Å². The van der Waals surface area contributed by atoms with Crippen LogP contribution in [0.15, 0.2) is 29.6 Å². The molecule has 0 radical (unpaired) electrons. The normalized spacial score (nSPS) is 17.9. The summed E-state index contributed by atoms with van der Waals surface area (Å²) in [6, 6.07) is 10.3. The van der Waals surface area contributed by atoms with E-state index in [1.165, 1.54) is 4.70 Å². The Morgan fingerprint density at radius 2 is 1.95 bits per heavy atom. The second-order valence-corrected chi connectivity index (χ2v) is 6.68. The van der Waals surface area contributed by atoms with Gasteiger partial charge in [-0.3, -0.25) is 4.79 Å². The molecule has 1 aromatic carbocycles. The molecule has 0 saturated heterocycles. The fourth-order valence-electron chi connectivity index (χ4n) is 3.02. The minimum absolute atomic E-state index is 0.138. The SMILES string of the molecule is N#CC1(C(=O)Nc2ccc3sccc3c2)CCCCCC1. The standard InChI is InChI=1S/C17H18N2OS/c18-12-17(8-3-1-2-4-9-17)16(20)19-14-5-6-15-13(11-14)7-10-21-15/h5-7,10-11H,1-4,8-9H2,(H,19,20). The van der Waals surface area contributed by atoms with Gasteiger partial charge in [0.05, 0.1) is 6.07 Å². The molecule has 2 aromatic rings. The first-order valence-electron chi connectivity index (χ1n) is 7.43. The molecule has 0 atom stereocenters. The number of amides is 1. The van der Waals surface area contributed by atoms with Crippen LogP contribution in [0.3, 0.4) is 0 Å². The van der Waals surface area contributed by atoms with Crippen molar-refractivity contribution in [1.29, 1.82) is 5.26 Å². The second kappa shape index (κ2) is 5.87. The predicted molar refractivity (Wildman–Crippen MR) is 86.2 cm³/mol. The van der Waals surface area contributed by atoms with Crippen molar-refractivity contribution in [3.63, 3.8) is 0 Å². The van der Waals surface area contributed by atoms with E-state index in [1.807, 2.05) is 29.6 Å². The lowest BCUT2D eigenvalue weighted by atomic mass is 9.81. The smallest absolute Gasteiger partial charge is 0.244 e. The van der Waals surface area contributed by atoms with Gasteiger partial charge in [0.2, 0.25) is 5.91 Å². The third-order valence-electron chi connectivity index (χ3n) is 4.32. The molecule has 1 saturated carbocycles. The molecule has 1 aromatic heterocycles. The van der Waals surface area contributed by atoms with E-state index in [-0.39, 0.29) is 5.91 Å². The molecule has 0 aliphatic heterocycles. The molecule has 108 valence electrons. The van der Waals surface area contributed by atoms with Crippen LogP contribution in [0.2, 0.25) is 0 Å². The van der Waals surface area contributed by atoms with E-state index in [0.717, 1.165) is 36.8 Å². The largest absolute Gasteiger partial charge is 0.325 e. The number of carbonyl (C=O) groups is 1. The van der Waals surface area contributed by atoms with Crippen LogP contribution in [0.25, 0.3) is 10.1 Å². The average Bonchev–Trinajstić information content (AvgIpc) is 2.82. The summed E-state index contributed by atoms with van der Waals surface area (Å²) in [6.45, 7) is 0. The molecule has 21 heavy (non-hydrogen) atoms. The van der Waals surface area contributed by atoms with E-state index in [4.69, 9.17) is 0 Å². The molecular formula is C17H18N2OS. The van der Waals surface area contributed by atoms with Crippen LogP contribution < -0.4 is 5.32 Å². The summed E-state index contributed by atoms with van der Waals surface area (Å²) in [7, 11) is 0. The molecule has 4 heteroatoms. The number of carbonyl (C=O) groups excluding carboxylic acids is 1. The van der Waals surface area contributed by atoms with E-state index >= 15 is 0 Å². The number of nitriles is 1. The van der Waals surface area contributed by atoms with Crippen molar-refractivity contribution in [2.75, 3.05) is 5.32 Å². The van der Waals surface area contributed by atoms with E-state index in [1.54, 1.807) is 11.3 Å². The lowest BCUT2D eigenvalue weighted by molar-refractivity contribution is -0.123. The summed E-state index contributed by atoms with van der Waals surface area (Å²) in [5.41, 5.74) is -0.0649. The Hall–Kier alpha value is -1.86. The highest BCUT2D eigenvalue weighted by molar-refractivity contribution is 7.17. The molecule has 3 nitrogen and oxygen atoms in total. The van der Waals surface area contributed by atoms with Crippen molar-refractivity contribution < 1.29 is 4.79 Å². The van der Waals surface area contributed by atoms with Crippen molar-refractivity contribution >= 4 is 33.0 Å². The molecule has 1 aliphatic rings. The number of fused-ring (bicyclic) bond motifs is 1. The summed E-state index contributed by atoms with van der Waals surface area (Å²) in [4.78, 5) is 12.6. The maximum absolute atomic E-state index is 12.6. The van der Waals surface area contributed by atoms with Crippen LogP contribution in [-0.4, -0.2) is 5.91 Å². The van der Waals surface area contributed by atoms with E-state index in [9.17, 15) is 10.1 Å². The summed E-state index contributed by atoms with van der Waals surface area (Å²) < 4.78 is 1.21. The van der Waals surface area contributed by atoms with Gasteiger partial charge in [0, 0.05) is 10.4 Å². The summed E-state index contributed by atoms with van der Waals surface area (Å²) in [5.74, 6) is -0.138. The molecule has 0 unspecified atom stereocenters. The van der Waals surface area contributed by atoms with Crippen molar-refractivity contribution in [2.24, 2.45) is 5.41 Å². The average molecular weight is 298 g/mol. The molecule has 1 heterocycles. The minimum Gasteiger partial charge on any atom is -0.325 e. The zero-order valence-electron chi connectivity index (χ0n) is 11.9. The Labute approximate surface area is 128 Å². The van der Waals surface area contributed by atoms with E-state index in [0.29, 0.717) is 12.8 Å². The fraction of sp³-hybridized carbons (Fsp3) is 0.412. The molecule has 1 amide bonds. The number of nitrogens with one attached hydrogen (secondary N) is 1. The first-order chi connectivity index (χ1) is 10.2. The maximum Gasteiger partial charge on any atom is 0.244 e. The van der Waals surface area contributed by atoms with Crippen LogP contribution in [-0.2, 0) is 4.79 Å². The fourth-order valence-corrected chi connectivity index (χ4v) is 3.79. The molecule has 1 N–H and O–H groups in total. The quantitative estimate of drug-likeness (QED) is 0.817. The van der Waals surface area contributed by atoms with Gasteiger partial charge in [-0.25, -0.2) is 0 Å². The molecule has 3 rings (SSSR count). The number of anilines is 1. The van der Waals surface area contributed by atoms with Crippen molar-refractivity contribution in [1.82, 2.24) is 0 Å². The first-order valence-corrected chi connectivity index (χ1v) is 8.31. The number of hydrogen-bond acceptors (Lipinski definition) is 3.